The Morgan fingerprint density at radius 3 is 2.73 bits per heavy atom. The summed E-state index contributed by atoms with van der Waals surface area (Å²) < 4.78 is 21.9. The lowest BCUT2D eigenvalue weighted by atomic mass is 9.99. The standard InChI is InChI=1S/C21H19FN6O2/c1-26-9-10-27-17(12-26)18(19(25-27)13-3-5-14(22)6-4-13)15-7-8-23-28-11-16(21(29)30-2)24-20(15)28/h3-8,11H,9-10,12H2,1-2H3. The fourth-order valence-corrected chi connectivity index (χ4v) is 3.83. The van der Waals surface area contributed by atoms with E-state index in [1.165, 1.54) is 19.2 Å². The first-order valence-corrected chi connectivity index (χ1v) is 9.52. The number of nitrogens with zero attached hydrogens (tertiary/aromatic N) is 6. The van der Waals surface area contributed by atoms with Crippen LogP contribution >= 0.6 is 0 Å². The third-order valence-electron chi connectivity index (χ3n) is 5.31. The highest BCUT2D eigenvalue weighted by molar-refractivity contribution is 5.92. The van der Waals surface area contributed by atoms with Gasteiger partial charge >= 0.3 is 5.97 Å². The highest BCUT2D eigenvalue weighted by Crippen LogP contribution is 2.38. The van der Waals surface area contributed by atoms with E-state index < -0.39 is 5.97 Å². The predicted molar refractivity (Wildman–Crippen MR) is 107 cm³/mol. The summed E-state index contributed by atoms with van der Waals surface area (Å²) in [5.74, 6) is -0.826. The first kappa shape index (κ1) is 18.4. The fraction of sp³-hybridized carbons (Fsp3) is 0.238. The zero-order chi connectivity index (χ0) is 20.8. The summed E-state index contributed by atoms with van der Waals surface area (Å²) in [6.45, 7) is 2.35. The van der Waals surface area contributed by atoms with Gasteiger partial charge in [-0.3, -0.25) is 9.58 Å². The lowest BCUT2D eigenvalue weighted by Gasteiger charge is -2.24. The molecule has 0 atom stereocenters. The van der Waals surface area contributed by atoms with Crippen LogP contribution in [0.4, 0.5) is 4.39 Å². The van der Waals surface area contributed by atoms with E-state index in [1.807, 2.05) is 10.7 Å². The first-order chi connectivity index (χ1) is 14.5. The van der Waals surface area contributed by atoms with E-state index in [9.17, 15) is 9.18 Å². The van der Waals surface area contributed by atoms with E-state index in [2.05, 4.69) is 22.0 Å². The molecule has 30 heavy (non-hydrogen) atoms. The number of halogens is 1. The molecule has 0 N–H and O–H groups in total. The minimum absolute atomic E-state index is 0.180. The summed E-state index contributed by atoms with van der Waals surface area (Å²) in [4.78, 5) is 18.7. The Morgan fingerprint density at radius 2 is 1.97 bits per heavy atom. The fourth-order valence-electron chi connectivity index (χ4n) is 3.83. The number of esters is 1. The molecule has 1 aliphatic rings. The summed E-state index contributed by atoms with van der Waals surface area (Å²) in [5.41, 5.74) is 5.02. The van der Waals surface area contributed by atoms with Gasteiger partial charge in [-0.25, -0.2) is 18.7 Å². The van der Waals surface area contributed by atoms with E-state index in [4.69, 9.17) is 9.84 Å². The number of fused-ring (bicyclic) bond motifs is 2. The number of methoxy groups -OCH3 is 1. The van der Waals surface area contributed by atoms with Crippen LogP contribution in [-0.2, 0) is 17.8 Å². The van der Waals surface area contributed by atoms with E-state index in [0.717, 1.165) is 41.2 Å². The van der Waals surface area contributed by atoms with Crippen molar-refractivity contribution in [2.45, 2.75) is 13.1 Å². The SMILES string of the molecule is COC(=O)c1cn2nccc(-c3c(-c4ccc(F)cc4)nn4c3CN(C)CC4)c2n1. The predicted octanol–water partition coefficient (Wildman–Crippen LogP) is 2.63. The first-order valence-electron chi connectivity index (χ1n) is 9.52. The number of carbonyl (C=O) groups excluding carboxylic acids is 1. The van der Waals surface area contributed by atoms with Crippen molar-refractivity contribution in [2.75, 3.05) is 20.7 Å². The molecular formula is C21H19FN6O2. The number of benzene rings is 1. The normalized spacial score (nSPS) is 14.1. The molecule has 152 valence electrons. The smallest absolute Gasteiger partial charge is 0.358 e. The van der Waals surface area contributed by atoms with Crippen molar-refractivity contribution >= 4 is 11.6 Å². The van der Waals surface area contributed by atoms with E-state index >= 15 is 0 Å². The van der Waals surface area contributed by atoms with Gasteiger partial charge in [0.25, 0.3) is 0 Å². The van der Waals surface area contributed by atoms with Gasteiger partial charge in [0.1, 0.15) is 11.5 Å². The quantitative estimate of drug-likeness (QED) is 0.487. The molecule has 8 nitrogen and oxygen atoms in total. The maximum absolute atomic E-state index is 13.5. The van der Waals surface area contributed by atoms with Gasteiger partial charge in [-0.05, 0) is 37.4 Å². The number of imidazole rings is 1. The Balaban J connectivity index is 1.78. The van der Waals surface area contributed by atoms with Gasteiger partial charge in [0, 0.05) is 36.0 Å². The molecule has 1 aromatic carbocycles. The van der Waals surface area contributed by atoms with Crippen molar-refractivity contribution in [3.8, 4) is 22.4 Å². The molecule has 1 aliphatic heterocycles. The van der Waals surface area contributed by atoms with Crippen LogP contribution < -0.4 is 0 Å². The summed E-state index contributed by atoms with van der Waals surface area (Å²) in [5, 5.41) is 9.13. The highest BCUT2D eigenvalue weighted by atomic mass is 19.1. The second kappa shape index (κ2) is 7.03. The Labute approximate surface area is 171 Å². The summed E-state index contributed by atoms with van der Waals surface area (Å²) in [6.07, 6.45) is 3.21. The van der Waals surface area contributed by atoms with Crippen LogP contribution in [0.3, 0.4) is 0 Å². The second-order valence-electron chi connectivity index (χ2n) is 7.27. The molecule has 0 radical (unpaired) electrons. The Morgan fingerprint density at radius 1 is 1.17 bits per heavy atom. The van der Waals surface area contributed by atoms with Crippen LogP contribution in [0.2, 0.25) is 0 Å². The molecule has 0 saturated heterocycles. The van der Waals surface area contributed by atoms with Crippen molar-refractivity contribution in [3.63, 3.8) is 0 Å². The number of likely N-dealkylation sites (N-methyl/N-ethyl adjacent to an activating group) is 1. The summed E-state index contributed by atoms with van der Waals surface area (Å²) >= 11 is 0. The maximum atomic E-state index is 13.5. The maximum Gasteiger partial charge on any atom is 0.358 e. The molecule has 0 saturated carbocycles. The second-order valence-corrected chi connectivity index (χ2v) is 7.27. The summed E-state index contributed by atoms with van der Waals surface area (Å²) in [6, 6.07) is 8.16. The molecule has 0 unspecified atom stereocenters. The van der Waals surface area contributed by atoms with Crippen LogP contribution in [0.15, 0.2) is 42.7 Å². The van der Waals surface area contributed by atoms with Gasteiger partial charge in [-0.1, -0.05) is 0 Å². The monoisotopic (exact) mass is 406 g/mol. The third-order valence-corrected chi connectivity index (χ3v) is 5.31. The molecule has 0 amide bonds. The molecule has 0 aliphatic carbocycles. The van der Waals surface area contributed by atoms with Crippen LogP contribution in [-0.4, -0.2) is 55.9 Å². The topological polar surface area (TPSA) is 77.5 Å². The van der Waals surface area contributed by atoms with Gasteiger partial charge < -0.3 is 4.74 Å². The zero-order valence-electron chi connectivity index (χ0n) is 16.5. The van der Waals surface area contributed by atoms with Gasteiger partial charge in [-0.15, -0.1) is 0 Å². The lowest BCUT2D eigenvalue weighted by Crippen LogP contribution is -2.30. The van der Waals surface area contributed by atoms with Crippen molar-refractivity contribution in [1.29, 1.82) is 0 Å². The number of hydrogen-bond acceptors (Lipinski definition) is 6. The molecular weight excluding hydrogens is 387 g/mol. The third kappa shape index (κ3) is 2.94. The summed E-state index contributed by atoms with van der Waals surface area (Å²) in [7, 11) is 3.38. The Hall–Kier alpha value is -3.59. The Kier molecular flexibility index (Phi) is 4.32. The largest absolute Gasteiger partial charge is 0.464 e. The molecule has 4 aromatic rings. The molecule has 0 fully saturated rings. The number of aromatic nitrogens is 5. The highest BCUT2D eigenvalue weighted by Gasteiger charge is 2.27. The lowest BCUT2D eigenvalue weighted by molar-refractivity contribution is 0.0594. The number of ether oxygens (including phenoxy) is 1. The number of hydrogen-bond donors (Lipinski definition) is 0. The minimum Gasteiger partial charge on any atom is -0.464 e. The average molecular weight is 406 g/mol. The number of carbonyl (C=O) groups is 1. The Bertz CT molecular complexity index is 1260. The van der Waals surface area contributed by atoms with Crippen LogP contribution in [0.25, 0.3) is 28.0 Å². The van der Waals surface area contributed by atoms with E-state index in [0.29, 0.717) is 12.2 Å². The van der Waals surface area contributed by atoms with Crippen molar-refractivity contribution < 1.29 is 13.9 Å². The van der Waals surface area contributed by atoms with Gasteiger partial charge in [0.05, 0.1) is 25.5 Å². The molecule has 3 aromatic heterocycles. The average Bonchev–Trinajstić information content (AvgIpc) is 3.35. The van der Waals surface area contributed by atoms with Crippen LogP contribution in [0.5, 0.6) is 0 Å². The van der Waals surface area contributed by atoms with Crippen molar-refractivity contribution in [3.05, 3.63) is 59.9 Å². The van der Waals surface area contributed by atoms with Crippen molar-refractivity contribution in [1.82, 2.24) is 29.3 Å². The number of rotatable bonds is 3. The molecule has 5 rings (SSSR count). The zero-order valence-corrected chi connectivity index (χ0v) is 16.5. The van der Waals surface area contributed by atoms with E-state index in [-0.39, 0.29) is 11.5 Å². The van der Waals surface area contributed by atoms with Gasteiger partial charge in [0.2, 0.25) is 0 Å². The minimum atomic E-state index is -0.526. The molecule has 9 heteroatoms. The van der Waals surface area contributed by atoms with Crippen LogP contribution in [0, 0.1) is 5.82 Å². The van der Waals surface area contributed by atoms with Crippen molar-refractivity contribution in [2.24, 2.45) is 0 Å². The van der Waals surface area contributed by atoms with Gasteiger partial charge in [-0.2, -0.15) is 10.2 Å². The molecule has 0 bridgehead atoms. The molecule has 4 heterocycles. The van der Waals surface area contributed by atoms with Gasteiger partial charge in [0.15, 0.2) is 11.3 Å². The molecule has 0 spiro atoms. The van der Waals surface area contributed by atoms with E-state index in [1.54, 1.807) is 29.0 Å². The van der Waals surface area contributed by atoms with Crippen LogP contribution in [0.1, 0.15) is 16.2 Å².